The molecule has 0 atom stereocenters. The Morgan fingerprint density at radius 3 is 2.44 bits per heavy atom. The van der Waals surface area contributed by atoms with Gasteiger partial charge < -0.3 is 14.4 Å². The number of nitrogens with zero attached hydrogens (tertiary/aromatic N) is 2. The second kappa shape index (κ2) is 10.9. The number of carbonyl (C=O) groups is 1. The van der Waals surface area contributed by atoms with Gasteiger partial charge in [-0.1, -0.05) is 60.6 Å². The molecule has 0 radical (unpaired) electrons. The van der Waals surface area contributed by atoms with Crippen LogP contribution in [0.5, 0.6) is 0 Å². The van der Waals surface area contributed by atoms with Crippen molar-refractivity contribution < 1.29 is 19.2 Å². The molecule has 186 valence electrons. The fraction of sp³-hybridized carbons (Fsp3) is 0.300. The van der Waals surface area contributed by atoms with Crippen LogP contribution >= 0.6 is 0 Å². The lowest BCUT2D eigenvalue weighted by atomic mass is 9.94. The summed E-state index contributed by atoms with van der Waals surface area (Å²) < 4.78 is 11.0. The number of rotatable bonds is 7. The Hall–Kier alpha value is -3.77. The minimum absolute atomic E-state index is 0.333. The minimum Gasteiger partial charge on any atom is -0.481 e. The summed E-state index contributed by atoms with van der Waals surface area (Å²) in [6.45, 7) is 6.54. The van der Waals surface area contributed by atoms with Crippen LogP contribution < -0.4 is 0 Å². The summed E-state index contributed by atoms with van der Waals surface area (Å²) in [5.41, 5.74) is 7.45. The number of benzene rings is 3. The molecule has 3 aromatic carbocycles. The van der Waals surface area contributed by atoms with Gasteiger partial charge in [-0.25, -0.2) is 0 Å². The molecule has 0 amide bonds. The summed E-state index contributed by atoms with van der Waals surface area (Å²) in [6.07, 6.45) is 2.70. The van der Waals surface area contributed by atoms with Gasteiger partial charge >= 0.3 is 5.97 Å². The quantitative estimate of drug-likeness (QED) is 0.305. The predicted molar refractivity (Wildman–Crippen MR) is 140 cm³/mol. The Labute approximate surface area is 212 Å². The van der Waals surface area contributed by atoms with E-state index in [-0.39, 0.29) is 5.41 Å². The van der Waals surface area contributed by atoms with Gasteiger partial charge in [0.05, 0.1) is 12.0 Å². The highest BCUT2D eigenvalue weighted by Crippen LogP contribution is 2.44. The molecule has 4 aromatic rings. The molecule has 1 aliphatic carbocycles. The molecular weight excluding hydrogens is 452 g/mol. The third-order valence-corrected chi connectivity index (χ3v) is 6.62. The number of carboxylic acid groups (broad SMARTS) is 1. The smallest absolute Gasteiger partial charge is 0.309 e. The zero-order valence-electron chi connectivity index (χ0n) is 21.2. The van der Waals surface area contributed by atoms with E-state index in [1.807, 2.05) is 18.2 Å². The summed E-state index contributed by atoms with van der Waals surface area (Å²) in [6, 6.07) is 22.8. The SMILES string of the molecule is CC1(C(=O)O)CC1.CCc1cccc(-c2noc(-c3ccc(-c4ccccc4C)c(COC)c3)n2)c1. The number of carboxylic acids is 1. The Morgan fingerprint density at radius 1 is 1.03 bits per heavy atom. The van der Waals surface area contributed by atoms with Crippen molar-refractivity contribution in [2.24, 2.45) is 5.41 Å². The number of hydrogen-bond donors (Lipinski definition) is 1. The lowest BCUT2D eigenvalue weighted by molar-refractivity contribution is -0.142. The summed E-state index contributed by atoms with van der Waals surface area (Å²) in [4.78, 5) is 14.7. The van der Waals surface area contributed by atoms with E-state index in [1.165, 1.54) is 16.7 Å². The average Bonchev–Trinajstić information content (AvgIpc) is 3.46. The van der Waals surface area contributed by atoms with E-state index in [4.69, 9.17) is 14.4 Å². The van der Waals surface area contributed by atoms with Gasteiger partial charge in [0.1, 0.15) is 0 Å². The number of ether oxygens (including phenoxy) is 1. The van der Waals surface area contributed by atoms with Gasteiger partial charge in [0.15, 0.2) is 0 Å². The van der Waals surface area contributed by atoms with Crippen molar-refractivity contribution in [3.8, 4) is 34.0 Å². The second-order valence-electron chi connectivity index (χ2n) is 9.46. The Balaban J connectivity index is 0.000000375. The van der Waals surface area contributed by atoms with Crippen molar-refractivity contribution in [2.45, 2.75) is 46.6 Å². The summed E-state index contributed by atoms with van der Waals surface area (Å²) in [5.74, 6) is 0.467. The molecule has 1 heterocycles. The molecular formula is C30H32N2O4. The molecule has 0 unspecified atom stereocenters. The van der Waals surface area contributed by atoms with Crippen molar-refractivity contribution in [3.63, 3.8) is 0 Å². The van der Waals surface area contributed by atoms with Gasteiger partial charge in [-0.3, -0.25) is 4.79 Å². The van der Waals surface area contributed by atoms with Crippen LogP contribution in [0.2, 0.25) is 0 Å². The maximum Gasteiger partial charge on any atom is 0.309 e. The van der Waals surface area contributed by atoms with E-state index >= 15 is 0 Å². The first-order valence-electron chi connectivity index (χ1n) is 12.2. The zero-order valence-corrected chi connectivity index (χ0v) is 21.2. The molecule has 6 heteroatoms. The third-order valence-electron chi connectivity index (χ3n) is 6.62. The highest BCUT2D eigenvalue weighted by molar-refractivity contribution is 5.77. The van der Waals surface area contributed by atoms with Gasteiger partial charge in [-0.05, 0) is 79.1 Å². The van der Waals surface area contributed by atoms with Crippen LogP contribution in [0.25, 0.3) is 34.0 Å². The average molecular weight is 485 g/mol. The lowest BCUT2D eigenvalue weighted by Gasteiger charge is -2.12. The Morgan fingerprint density at radius 2 is 1.81 bits per heavy atom. The fourth-order valence-corrected chi connectivity index (χ4v) is 3.93. The molecule has 0 aliphatic heterocycles. The van der Waals surface area contributed by atoms with Crippen molar-refractivity contribution in [1.29, 1.82) is 0 Å². The Bertz CT molecular complexity index is 1350. The maximum atomic E-state index is 10.1. The number of aromatic nitrogens is 2. The van der Waals surface area contributed by atoms with Crippen molar-refractivity contribution >= 4 is 5.97 Å². The normalized spacial score (nSPS) is 13.6. The first kappa shape index (κ1) is 25.3. The van der Waals surface area contributed by atoms with Crippen LogP contribution in [-0.2, 0) is 22.6 Å². The van der Waals surface area contributed by atoms with Crippen LogP contribution in [0.1, 0.15) is 43.4 Å². The maximum absolute atomic E-state index is 10.1. The van der Waals surface area contributed by atoms with E-state index in [0.29, 0.717) is 18.3 Å². The molecule has 0 saturated heterocycles. The first-order chi connectivity index (χ1) is 17.3. The zero-order chi connectivity index (χ0) is 25.7. The number of aryl methyl sites for hydroxylation is 2. The predicted octanol–water partition coefficient (Wildman–Crippen LogP) is 6.96. The van der Waals surface area contributed by atoms with E-state index < -0.39 is 5.97 Å². The van der Waals surface area contributed by atoms with Gasteiger partial charge in [-0.2, -0.15) is 4.98 Å². The Kier molecular flexibility index (Phi) is 7.65. The van der Waals surface area contributed by atoms with Crippen molar-refractivity contribution in [2.75, 3.05) is 7.11 Å². The lowest BCUT2D eigenvalue weighted by Crippen LogP contribution is -2.08. The summed E-state index contributed by atoms with van der Waals surface area (Å²) >= 11 is 0. The molecule has 1 aromatic heterocycles. The van der Waals surface area contributed by atoms with E-state index in [2.05, 4.69) is 72.5 Å². The molecule has 6 nitrogen and oxygen atoms in total. The summed E-state index contributed by atoms with van der Waals surface area (Å²) in [7, 11) is 1.71. The third kappa shape index (κ3) is 5.71. The standard InChI is InChI=1S/C25H24N2O2.C5H8O2/c1-4-18-9-7-10-19(14-18)24-26-25(29-27-24)20-12-13-23(21(15-20)16-28-3)22-11-6-5-8-17(22)2;1-5(2-3-5)4(6)7/h5-15H,4,16H2,1-3H3;2-3H2,1H3,(H,6,7). The van der Waals surface area contributed by atoms with Gasteiger partial charge in [0.2, 0.25) is 5.82 Å². The van der Waals surface area contributed by atoms with E-state index in [9.17, 15) is 4.79 Å². The molecule has 1 fully saturated rings. The first-order valence-corrected chi connectivity index (χ1v) is 12.2. The van der Waals surface area contributed by atoms with Gasteiger partial charge in [0.25, 0.3) is 5.89 Å². The molecule has 5 rings (SSSR count). The van der Waals surface area contributed by atoms with E-state index in [0.717, 1.165) is 41.5 Å². The molecule has 0 bridgehead atoms. The highest BCUT2D eigenvalue weighted by atomic mass is 16.5. The molecule has 36 heavy (non-hydrogen) atoms. The van der Waals surface area contributed by atoms with Crippen molar-refractivity contribution in [1.82, 2.24) is 10.1 Å². The molecule has 0 spiro atoms. The van der Waals surface area contributed by atoms with Crippen molar-refractivity contribution in [3.05, 3.63) is 83.4 Å². The van der Waals surface area contributed by atoms with Gasteiger partial charge in [0, 0.05) is 18.2 Å². The second-order valence-corrected chi connectivity index (χ2v) is 9.46. The largest absolute Gasteiger partial charge is 0.481 e. The topological polar surface area (TPSA) is 85.5 Å². The van der Waals surface area contributed by atoms with E-state index in [1.54, 1.807) is 14.0 Å². The van der Waals surface area contributed by atoms with Crippen LogP contribution in [-0.4, -0.2) is 28.3 Å². The number of methoxy groups -OCH3 is 1. The van der Waals surface area contributed by atoms with Crippen LogP contribution in [0.15, 0.2) is 71.3 Å². The van der Waals surface area contributed by atoms with Crippen LogP contribution in [0, 0.1) is 12.3 Å². The summed E-state index contributed by atoms with van der Waals surface area (Å²) in [5, 5.41) is 12.5. The number of aliphatic carboxylic acids is 1. The molecule has 1 aliphatic rings. The highest BCUT2D eigenvalue weighted by Gasteiger charge is 2.44. The van der Waals surface area contributed by atoms with Gasteiger partial charge in [-0.15, -0.1) is 0 Å². The fourth-order valence-electron chi connectivity index (χ4n) is 3.93. The molecule has 1 N–H and O–H groups in total. The molecule has 1 saturated carbocycles. The van der Waals surface area contributed by atoms with Crippen LogP contribution in [0.3, 0.4) is 0 Å². The monoisotopic (exact) mass is 484 g/mol. The van der Waals surface area contributed by atoms with Crippen LogP contribution in [0.4, 0.5) is 0 Å². The minimum atomic E-state index is -0.646. The number of hydrogen-bond acceptors (Lipinski definition) is 5.